The van der Waals surface area contributed by atoms with Gasteiger partial charge in [0.1, 0.15) is 17.0 Å². The van der Waals surface area contributed by atoms with Crippen molar-refractivity contribution in [2.75, 3.05) is 31.1 Å². The maximum atomic E-state index is 13.2. The zero-order chi connectivity index (χ0) is 19.7. The molecule has 1 aromatic carbocycles. The number of halogens is 1. The molecule has 0 unspecified atom stereocenters. The van der Waals surface area contributed by atoms with E-state index in [9.17, 15) is 4.79 Å². The highest BCUT2D eigenvalue weighted by molar-refractivity contribution is 6.33. The van der Waals surface area contributed by atoms with Gasteiger partial charge in [-0.2, -0.15) is 5.10 Å². The van der Waals surface area contributed by atoms with Gasteiger partial charge in [-0.05, 0) is 32.0 Å². The molecule has 144 valence electrons. The Morgan fingerprint density at radius 2 is 1.79 bits per heavy atom. The summed E-state index contributed by atoms with van der Waals surface area (Å²) in [4.78, 5) is 17.2. The van der Waals surface area contributed by atoms with Crippen molar-refractivity contribution in [3.05, 3.63) is 58.4 Å². The normalized spacial score (nSPS) is 14.4. The van der Waals surface area contributed by atoms with Crippen molar-refractivity contribution in [2.24, 2.45) is 0 Å². The summed E-state index contributed by atoms with van der Waals surface area (Å²) in [5.74, 6) is 1.23. The fourth-order valence-electron chi connectivity index (χ4n) is 3.32. The molecule has 1 fully saturated rings. The lowest BCUT2D eigenvalue weighted by Crippen LogP contribution is -2.49. The molecule has 8 heteroatoms. The third-order valence-corrected chi connectivity index (χ3v) is 5.21. The molecule has 0 atom stereocenters. The molecule has 1 amide bonds. The number of piperazine rings is 1. The van der Waals surface area contributed by atoms with Gasteiger partial charge in [-0.25, -0.2) is 0 Å². The van der Waals surface area contributed by atoms with Gasteiger partial charge in [0, 0.05) is 31.7 Å². The van der Waals surface area contributed by atoms with Crippen molar-refractivity contribution in [3.8, 4) is 11.3 Å². The van der Waals surface area contributed by atoms with Crippen LogP contribution in [0.4, 0.5) is 5.82 Å². The fraction of sp³-hybridized carbons (Fsp3) is 0.300. The Morgan fingerprint density at radius 3 is 2.46 bits per heavy atom. The first-order valence-corrected chi connectivity index (χ1v) is 9.48. The predicted octanol–water partition coefficient (Wildman–Crippen LogP) is 3.36. The molecule has 0 bridgehead atoms. The smallest absolute Gasteiger partial charge is 0.259 e. The topological polar surface area (TPSA) is 75.4 Å². The Morgan fingerprint density at radius 1 is 1.04 bits per heavy atom. The predicted molar refractivity (Wildman–Crippen MR) is 107 cm³/mol. The highest BCUT2D eigenvalue weighted by Gasteiger charge is 2.29. The standard InChI is InChI=1S/C20H20ClN5O2/c1-13-7-8-17(23-22-13)25-9-11-26(12-10-25)20(27)18-14(2)28-24-19(18)15-5-3-4-6-16(15)21/h3-8H,9-12H2,1-2H3. The Bertz CT molecular complexity index is 994. The van der Waals surface area contributed by atoms with Gasteiger partial charge in [-0.3, -0.25) is 4.79 Å². The van der Waals surface area contributed by atoms with E-state index >= 15 is 0 Å². The van der Waals surface area contributed by atoms with Gasteiger partial charge >= 0.3 is 0 Å². The Balaban J connectivity index is 1.53. The minimum Gasteiger partial charge on any atom is -0.360 e. The SMILES string of the molecule is Cc1ccc(N2CCN(C(=O)c3c(-c4ccccc4Cl)noc3C)CC2)nn1. The Kier molecular flexibility index (Phi) is 5.00. The quantitative estimate of drug-likeness (QED) is 0.674. The van der Waals surface area contributed by atoms with Gasteiger partial charge < -0.3 is 14.3 Å². The van der Waals surface area contributed by atoms with Crippen LogP contribution in [0.2, 0.25) is 5.02 Å². The van der Waals surface area contributed by atoms with E-state index in [-0.39, 0.29) is 5.91 Å². The fourth-order valence-corrected chi connectivity index (χ4v) is 3.54. The molecule has 1 saturated heterocycles. The van der Waals surface area contributed by atoms with E-state index in [1.165, 1.54) is 0 Å². The molecule has 4 rings (SSSR count). The molecular formula is C20H20ClN5O2. The maximum Gasteiger partial charge on any atom is 0.259 e. The highest BCUT2D eigenvalue weighted by Crippen LogP contribution is 2.32. The van der Waals surface area contributed by atoms with Gasteiger partial charge in [0.15, 0.2) is 5.82 Å². The van der Waals surface area contributed by atoms with E-state index in [0.717, 1.165) is 11.5 Å². The van der Waals surface area contributed by atoms with Gasteiger partial charge in [0.25, 0.3) is 5.91 Å². The number of benzene rings is 1. The van der Waals surface area contributed by atoms with E-state index in [0.29, 0.717) is 53.8 Å². The van der Waals surface area contributed by atoms with Crippen LogP contribution in [0.5, 0.6) is 0 Å². The van der Waals surface area contributed by atoms with Crippen LogP contribution in [-0.4, -0.2) is 52.3 Å². The van der Waals surface area contributed by atoms with E-state index in [1.54, 1.807) is 13.0 Å². The second-order valence-electron chi connectivity index (χ2n) is 6.75. The average molecular weight is 398 g/mol. The van der Waals surface area contributed by atoms with Crippen molar-refractivity contribution >= 4 is 23.3 Å². The maximum absolute atomic E-state index is 13.2. The van der Waals surface area contributed by atoms with E-state index in [4.69, 9.17) is 16.1 Å². The molecule has 3 heterocycles. The van der Waals surface area contributed by atoms with Gasteiger partial charge in [-0.15, -0.1) is 5.10 Å². The number of anilines is 1. The number of carbonyl (C=O) groups excluding carboxylic acids is 1. The summed E-state index contributed by atoms with van der Waals surface area (Å²) in [5.41, 5.74) is 2.53. The van der Waals surface area contributed by atoms with Crippen molar-refractivity contribution in [1.82, 2.24) is 20.3 Å². The van der Waals surface area contributed by atoms with Crippen LogP contribution in [-0.2, 0) is 0 Å². The number of hydrogen-bond acceptors (Lipinski definition) is 6. The van der Waals surface area contributed by atoms with E-state index < -0.39 is 0 Å². The van der Waals surface area contributed by atoms with Gasteiger partial charge in [0.05, 0.1) is 10.7 Å². The lowest BCUT2D eigenvalue weighted by atomic mass is 10.0. The van der Waals surface area contributed by atoms with Crippen LogP contribution < -0.4 is 4.90 Å². The lowest BCUT2D eigenvalue weighted by Gasteiger charge is -2.35. The second kappa shape index (κ2) is 7.59. The third kappa shape index (κ3) is 3.45. The molecule has 0 radical (unpaired) electrons. The molecule has 0 spiro atoms. The van der Waals surface area contributed by atoms with Crippen molar-refractivity contribution in [3.63, 3.8) is 0 Å². The van der Waals surface area contributed by atoms with Crippen LogP contribution in [0.15, 0.2) is 40.9 Å². The molecule has 3 aromatic rings. The van der Waals surface area contributed by atoms with Crippen molar-refractivity contribution in [1.29, 1.82) is 0 Å². The Labute approximate surface area is 167 Å². The molecule has 2 aromatic heterocycles. The highest BCUT2D eigenvalue weighted by atomic mass is 35.5. The number of rotatable bonds is 3. The zero-order valence-corrected chi connectivity index (χ0v) is 16.5. The minimum absolute atomic E-state index is 0.0942. The van der Waals surface area contributed by atoms with Crippen LogP contribution in [0.3, 0.4) is 0 Å². The monoisotopic (exact) mass is 397 g/mol. The number of nitrogens with zero attached hydrogens (tertiary/aromatic N) is 5. The van der Waals surface area contributed by atoms with Crippen molar-refractivity contribution < 1.29 is 9.32 Å². The summed E-state index contributed by atoms with van der Waals surface area (Å²) >= 11 is 6.30. The van der Waals surface area contributed by atoms with Gasteiger partial charge in [-0.1, -0.05) is 35.0 Å². The Hall–Kier alpha value is -2.93. The number of aryl methyl sites for hydroxylation is 2. The molecular weight excluding hydrogens is 378 g/mol. The number of aromatic nitrogens is 3. The largest absolute Gasteiger partial charge is 0.360 e. The number of carbonyl (C=O) groups is 1. The first-order valence-electron chi connectivity index (χ1n) is 9.10. The van der Waals surface area contributed by atoms with Crippen LogP contribution in [0.25, 0.3) is 11.3 Å². The molecule has 28 heavy (non-hydrogen) atoms. The summed E-state index contributed by atoms with van der Waals surface area (Å²) in [6, 6.07) is 11.2. The zero-order valence-electron chi connectivity index (χ0n) is 15.7. The molecule has 1 aliphatic heterocycles. The van der Waals surface area contributed by atoms with Crippen molar-refractivity contribution in [2.45, 2.75) is 13.8 Å². The first kappa shape index (κ1) is 18.4. The van der Waals surface area contributed by atoms with E-state index in [2.05, 4.69) is 20.3 Å². The second-order valence-corrected chi connectivity index (χ2v) is 7.16. The molecule has 0 saturated carbocycles. The molecule has 0 N–H and O–H groups in total. The summed E-state index contributed by atoms with van der Waals surface area (Å²) in [6.07, 6.45) is 0. The minimum atomic E-state index is -0.0942. The lowest BCUT2D eigenvalue weighted by molar-refractivity contribution is 0.0745. The summed E-state index contributed by atoms with van der Waals surface area (Å²) in [7, 11) is 0. The third-order valence-electron chi connectivity index (χ3n) is 4.88. The van der Waals surface area contributed by atoms with Gasteiger partial charge in [0.2, 0.25) is 0 Å². The van der Waals surface area contributed by atoms with E-state index in [1.807, 2.05) is 42.2 Å². The van der Waals surface area contributed by atoms with Crippen LogP contribution in [0, 0.1) is 13.8 Å². The summed E-state index contributed by atoms with van der Waals surface area (Å²) < 4.78 is 5.33. The number of amides is 1. The average Bonchev–Trinajstić information content (AvgIpc) is 3.10. The van der Waals surface area contributed by atoms with Crippen LogP contribution >= 0.6 is 11.6 Å². The first-order chi connectivity index (χ1) is 13.5. The number of hydrogen-bond donors (Lipinski definition) is 0. The van der Waals surface area contributed by atoms with Crippen LogP contribution in [0.1, 0.15) is 21.8 Å². The molecule has 0 aliphatic carbocycles. The summed E-state index contributed by atoms with van der Waals surface area (Å²) in [6.45, 7) is 6.20. The molecule has 7 nitrogen and oxygen atoms in total. The molecule has 1 aliphatic rings. The summed E-state index contributed by atoms with van der Waals surface area (Å²) in [5, 5.41) is 13.0.